The highest BCUT2D eigenvalue weighted by molar-refractivity contribution is 5.79. The normalized spacial score (nSPS) is 26.0. The Labute approximate surface area is 157 Å². The van der Waals surface area contributed by atoms with Gasteiger partial charge in [-0.05, 0) is 22.3 Å². The number of carbonyl (C=O) groups is 1. The van der Waals surface area contributed by atoms with Gasteiger partial charge in [-0.1, -0.05) is 48.5 Å². The molecule has 2 aliphatic heterocycles. The van der Waals surface area contributed by atoms with Crippen molar-refractivity contribution in [2.75, 3.05) is 26.3 Å². The molecule has 27 heavy (non-hydrogen) atoms. The molecule has 0 unspecified atom stereocenters. The van der Waals surface area contributed by atoms with Crippen molar-refractivity contribution in [2.45, 2.75) is 24.4 Å². The summed E-state index contributed by atoms with van der Waals surface area (Å²) in [6.45, 7) is 0.881. The number of amides is 1. The summed E-state index contributed by atoms with van der Waals surface area (Å²) >= 11 is 0. The van der Waals surface area contributed by atoms with E-state index in [0.717, 1.165) is 0 Å². The van der Waals surface area contributed by atoms with Crippen LogP contribution in [0.15, 0.2) is 48.5 Å². The number of hydrogen-bond donors (Lipinski definition) is 1. The van der Waals surface area contributed by atoms with Crippen molar-refractivity contribution in [1.82, 2.24) is 4.90 Å². The van der Waals surface area contributed by atoms with Gasteiger partial charge in [0, 0.05) is 5.92 Å². The summed E-state index contributed by atoms with van der Waals surface area (Å²) in [5, 5.41) is 9.33. The molecule has 1 aliphatic carbocycles. The Kier molecular flexibility index (Phi) is 4.11. The van der Waals surface area contributed by atoms with Crippen LogP contribution in [0.4, 0.5) is 4.79 Å². The van der Waals surface area contributed by atoms with Gasteiger partial charge >= 0.3 is 6.09 Å². The predicted molar refractivity (Wildman–Crippen MR) is 97.3 cm³/mol. The van der Waals surface area contributed by atoms with Gasteiger partial charge < -0.3 is 24.2 Å². The molecule has 2 aromatic rings. The van der Waals surface area contributed by atoms with Crippen molar-refractivity contribution in [2.24, 2.45) is 0 Å². The second-order valence-electron chi connectivity index (χ2n) is 7.17. The van der Waals surface area contributed by atoms with Crippen LogP contribution in [-0.4, -0.2) is 60.9 Å². The third-order valence-electron chi connectivity index (χ3n) is 5.61. The molecule has 2 bridgehead atoms. The smallest absolute Gasteiger partial charge is 0.410 e. The summed E-state index contributed by atoms with van der Waals surface area (Å²) in [7, 11) is 0. The van der Waals surface area contributed by atoms with Crippen molar-refractivity contribution < 1.29 is 24.1 Å². The number of benzene rings is 2. The van der Waals surface area contributed by atoms with Gasteiger partial charge in [-0.3, -0.25) is 0 Å². The Morgan fingerprint density at radius 3 is 2.37 bits per heavy atom. The highest BCUT2D eigenvalue weighted by Gasteiger charge is 2.44. The van der Waals surface area contributed by atoms with Crippen LogP contribution >= 0.6 is 0 Å². The van der Waals surface area contributed by atoms with Crippen LogP contribution in [0.2, 0.25) is 0 Å². The summed E-state index contributed by atoms with van der Waals surface area (Å²) in [5.41, 5.74) is 4.80. The van der Waals surface area contributed by atoms with E-state index in [2.05, 4.69) is 24.3 Å². The van der Waals surface area contributed by atoms with E-state index in [0.29, 0.717) is 19.7 Å². The fourth-order valence-electron chi connectivity index (χ4n) is 4.31. The average Bonchev–Trinajstić information content (AvgIpc) is 3.19. The standard InChI is InChI=1S/C21H21NO5/c23-11-19-18-9-22(10-20(26-18)27-19)21(24)25-12-17-15-7-3-1-5-13(15)14-6-2-4-8-16(14)17/h1-8,17-20,23H,9-12H2/t18-,19+,20-/m1/s1. The molecule has 0 spiro atoms. The van der Waals surface area contributed by atoms with Gasteiger partial charge in [0.2, 0.25) is 0 Å². The summed E-state index contributed by atoms with van der Waals surface area (Å²) in [4.78, 5) is 14.2. The van der Waals surface area contributed by atoms with E-state index >= 15 is 0 Å². The zero-order valence-corrected chi connectivity index (χ0v) is 14.8. The van der Waals surface area contributed by atoms with E-state index in [9.17, 15) is 9.90 Å². The minimum Gasteiger partial charge on any atom is -0.448 e. The summed E-state index contributed by atoms with van der Waals surface area (Å²) in [6.07, 6.45) is -1.52. The maximum atomic E-state index is 12.6. The molecule has 0 aromatic heterocycles. The van der Waals surface area contributed by atoms with Crippen molar-refractivity contribution in [3.8, 4) is 11.1 Å². The fourth-order valence-corrected chi connectivity index (χ4v) is 4.31. The average molecular weight is 367 g/mol. The first-order chi connectivity index (χ1) is 13.2. The van der Waals surface area contributed by atoms with Crippen molar-refractivity contribution in [1.29, 1.82) is 0 Å². The van der Waals surface area contributed by atoms with E-state index in [1.165, 1.54) is 22.3 Å². The Bertz CT molecular complexity index is 824. The molecule has 2 heterocycles. The molecule has 0 radical (unpaired) electrons. The lowest BCUT2D eigenvalue weighted by Gasteiger charge is -2.30. The summed E-state index contributed by atoms with van der Waals surface area (Å²) < 4.78 is 16.9. The van der Waals surface area contributed by atoms with Gasteiger partial charge in [0.15, 0.2) is 6.29 Å². The Morgan fingerprint density at radius 1 is 1.04 bits per heavy atom. The molecule has 1 amide bonds. The minimum atomic E-state index is -0.485. The second-order valence-corrected chi connectivity index (χ2v) is 7.17. The predicted octanol–water partition coefficient (Wildman–Crippen LogP) is 2.35. The van der Waals surface area contributed by atoms with Gasteiger partial charge in [0.05, 0.1) is 19.7 Å². The van der Waals surface area contributed by atoms with Crippen LogP contribution in [0.1, 0.15) is 17.0 Å². The molecule has 2 fully saturated rings. The highest BCUT2D eigenvalue weighted by Crippen LogP contribution is 2.44. The maximum Gasteiger partial charge on any atom is 0.410 e. The van der Waals surface area contributed by atoms with Crippen LogP contribution in [0.5, 0.6) is 0 Å². The van der Waals surface area contributed by atoms with Gasteiger partial charge in [0.25, 0.3) is 0 Å². The Balaban J connectivity index is 1.30. The van der Waals surface area contributed by atoms with Gasteiger partial charge in [-0.25, -0.2) is 4.79 Å². The van der Waals surface area contributed by atoms with Crippen LogP contribution in [0.25, 0.3) is 11.1 Å². The molecule has 6 nitrogen and oxygen atoms in total. The minimum absolute atomic E-state index is 0.0422. The molecule has 2 saturated heterocycles. The van der Waals surface area contributed by atoms with E-state index in [1.54, 1.807) is 4.90 Å². The molecule has 6 heteroatoms. The molecule has 0 saturated carbocycles. The Hall–Kier alpha value is -2.41. The zero-order valence-electron chi connectivity index (χ0n) is 14.8. The van der Waals surface area contributed by atoms with Gasteiger partial charge in [-0.15, -0.1) is 0 Å². The number of carbonyl (C=O) groups excluding carboxylic acids is 1. The lowest BCUT2D eigenvalue weighted by molar-refractivity contribution is -0.107. The second kappa shape index (κ2) is 6.64. The van der Waals surface area contributed by atoms with Gasteiger partial charge in [-0.2, -0.15) is 0 Å². The quantitative estimate of drug-likeness (QED) is 0.902. The first kappa shape index (κ1) is 16.7. The van der Waals surface area contributed by atoms with Crippen molar-refractivity contribution >= 4 is 6.09 Å². The third-order valence-corrected chi connectivity index (χ3v) is 5.61. The number of nitrogens with zero attached hydrogens (tertiary/aromatic N) is 1. The van der Waals surface area contributed by atoms with E-state index in [-0.39, 0.29) is 30.8 Å². The number of rotatable bonds is 3. The number of fused-ring (bicyclic) bond motifs is 5. The van der Waals surface area contributed by atoms with Crippen molar-refractivity contribution in [3.63, 3.8) is 0 Å². The van der Waals surface area contributed by atoms with Crippen LogP contribution in [0, 0.1) is 0 Å². The van der Waals surface area contributed by atoms with Crippen LogP contribution in [0.3, 0.4) is 0 Å². The molecule has 5 rings (SSSR count). The highest BCUT2D eigenvalue weighted by atomic mass is 16.7. The zero-order chi connectivity index (χ0) is 18.4. The number of aliphatic hydroxyl groups is 1. The summed E-state index contributed by atoms with van der Waals surface area (Å²) in [6, 6.07) is 16.5. The number of ether oxygens (including phenoxy) is 3. The van der Waals surface area contributed by atoms with Crippen molar-refractivity contribution in [3.05, 3.63) is 59.7 Å². The topological polar surface area (TPSA) is 68.2 Å². The molecular weight excluding hydrogens is 346 g/mol. The van der Waals surface area contributed by atoms with E-state index in [1.807, 2.05) is 24.3 Å². The Morgan fingerprint density at radius 2 is 1.70 bits per heavy atom. The van der Waals surface area contributed by atoms with Crippen LogP contribution < -0.4 is 0 Å². The molecule has 1 N–H and O–H groups in total. The number of aliphatic hydroxyl groups excluding tert-OH is 1. The number of morpholine rings is 1. The SMILES string of the molecule is O=C(OCC1c2ccccc2-c2ccccc21)N1C[C@H]2O[C@@H](CO)[C@@H](C1)O2. The molecule has 3 aliphatic rings. The summed E-state index contributed by atoms with van der Waals surface area (Å²) in [5.74, 6) is 0.0422. The molecule has 2 aromatic carbocycles. The largest absolute Gasteiger partial charge is 0.448 e. The molecular formula is C21H21NO5. The maximum absolute atomic E-state index is 12.6. The molecule has 140 valence electrons. The monoisotopic (exact) mass is 367 g/mol. The van der Waals surface area contributed by atoms with Crippen LogP contribution in [-0.2, 0) is 14.2 Å². The fraction of sp³-hybridized carbons (Fsp3) is 0.381. The van der Waals surface area contributed by atoms with E-state index < -0.39 is 6.29 Å². The molecule has 3 atom stereocenters. The first-order valence-electron chi connectivity index (χ1n) is 9.26. The first-order valence-corrected chi connectivity index (χ1v) is 9.26. The van der Waals surface area contributed by atoms with E-state index in [4.69, 9.17) is 14.2 Å². The number of hydrogen-bond acceptors (Lipinski definition) is 5. The lowest BCUT2D eigenvalue weighted by Crippen LogP contribution is -2.47. The third kappa shape index (κ3) is 2.81. The lowest BCUT2D eigenvalue weighted by atomic mass is 9.98. The van der Waals surface area contributed by atoms with Gasteiger partial charge in [0.1, 0.15) is 18.8 Å².